The standard InChI is InChI=1S/C14H19N5O.ClH/c1-10-4-7-19-12(17-10)11(8-16-19)13(20)18-14(9-15)5-2-3-6-14;/h4,7-8H,2-3,5-6,9,15H2,1H3,(H,18,20);1H. The summed E-state index contributed by atoms with van der Waals surface area (Å²) in [6.45, 7) is 2.37. The van der Waals surface area contributed by atoms with Crippen molar-refractivity contribution >= 4 is 24.0 Å². The van der Waals surface area contributed by atoms with E-state index in [9.17, 15) is 4.79 Å². The van der Waals surface area contributed by atoms with Gasteiger partial charge in [-0.25, -0.2) is 9.50 Å². The molecule has 0 unspecified atom stereocenters. The lowest BCUT2D eigenvalue weighted by molar-refractivity contribution is 0.0904. The van der Waals surface area contributed by atoms with Crippen LogP contribution in [0.1, 0.15) is 41.7 Å². The molecule has 3 N–H and O–H groups in total. The van der Waals surface area contributed by atoms with Gasteiger partial charge in [0.15, 0.2) is 5.65 Å². The van der Waals surface area contributed by atoms with E-state index in [1.54, 1.807) is 10.7 Å². The number of rotatable bonds is 3. The Kier molecular flexibility index (Phi) is 4.49. The number of amides is 1. The van der Waals surface area contributed by atoms with Crippen LogP contribution >= 0.6 is 12.4 Å². The van der Waals surface area contributed by atoms with Gasteiger partial charge in [0.05, 0.1) is 11.7 Å². The predicted molar refractivity (Wildman–Crippen MR) is 82.7 cm³/mol. The van der Waals surface area contributed by atoms with Crippen LogP contribution in [0.4, 0.5) is 0 Å². The largest absolute Gasteiger partial charge is 0.345 e. The molecule has 0 atom stereocenters. The van der Waals surface area contributed by atoms with Crippen molar-refractivity contribution in [3.8, 4) is 0 Å². The molecular formula is C14H20ClN5O. The Balaban J connectivity index is 0.00000161. The molecule has 1 amide bonds. The highest BCUT2D eigenvalue weighted by Crippen LogP contribution is 2.29. The summed E-state index contributed by atoms with van der Waals surface area (Å²) in [6.07, 6.45) is 7.49. The number of hydrogen-bond acceptors (Lipinski definition) is 4. The number of carbonyl (C=O) groups excluding carboxylic acids is 1. The molecule has 2 heterocycles. The molecule has 0 radical (unpaired) electrons. The quantitative estimate of drug-likeness (QED) is 0.899. The zero-order valence-corrected chi connectivity index (χ0v) is 12.8. The predicted octanol–water partition coefficient (Wildman–Crippen LogP) is 1.46. The number of halogens is 1. The summed E-state index contributed by atoms with van der Waals surface area (Å²) >= 11 is 0. The Morgan fingerprint density at radius 2 is 2.19 bits per heavy atom. The van der Waals surface area contributed by atoms with E-state index < -0.39 is 0 Å². The molecule has 2 aromatic rings. The maximum absolute atomic E-state index is 12.5. The molecule has 0 aliphatic heterocycles. The van der Waals surface area contributed by atoms with Crippen molar-refractivity contribution in [1.29, 1.82) is 0 Å². The van der Waals surface area contributed by atoms with Gasteiger partial charge in [-0.05, 0) is 25.8 Å². The normalized spacial score (nSPS) is 16.7. The second-order valence-electron chi connectivity index (χ2n) is 5.54. The lowest BCUT2D eigenvalue weighted by Crippen LogP contribution is -2.51. The fourth-order valence-electron chi connectivity index (χ4n) is 2.86. The Hall–Kier alpha value is -1.66. The van der Waals surface area contributed by atoms with Crippen molar-refractivity contribution in [3.63, 3.8) is 0 Å². The van der Waals surface area contributed by atoms with Crippen molar-refractivity contribution in [3.05, 3.63) is 29.7 Å². The van der Waals surface area contributed by atoms with Gasteiger partial charge in [-0.3, -0.25) is 4.79 Å². The van der Waals surface area contributed by atoms with Crippen LogP contribution in [0.2, 0.25) is 0 Å². The lowest BCUT2D eigenvalue weighted by atomic mass is 9.97. The van der Waals surface area contributed by atoms with Gasteiger partial charge in [-0.15, -0.1) is 12.4 Å². The molecule has 0 bridgehead atoms. The van der Waals surface area contributed by atoms with Crippen LogP contribution in [0.3, 0.4) is 0 Å². The molecule has 2 aromatic heterocycles. The number of aromatic nitrogens is 3. The van der Waals surface area contributed by atoms with Crippen molar-refractivity contribution in [2.24, 2.45) is 5.73 Å². The van der Waals surface area contributed by atoms with Crippen LogP contribution < -0.4 is 11.1 Å². The first-order chi connectivity index (χ1) is 9.63. The van der Waals surface area contributed by atoms with Crippen LogP contribution in [0.5, 0.6) is 0 Å². The third kappa shape index (κ3) is 2.87. The number of nitrogens with one attached hydrogen (secondary N) is 1. The second-order valence-corrected chi connectivity index (χ2v) is 5.54. The highest BCUT2D eigenvalue weighted by Gasteiger charge is 2.34. The Bertz CT molecular complexity index is 648. The molecule has 0 aromatic carbocycles. The number of fused-ring (bicyclic) bond motifs is 1. The van der Waals surface area contributed by atoms with E-state index >= 15 is 0 Å². The summed E-state index contributed by atoms with van der Waals surface area (Å²) in [5.41, 5.74) is 7.56. The second kappa shape index (κ2) is 5.99. The number of hydrogen-bond donors (Lipinski definition) is 2. The van der Waals surface area contributed by atoms with Crippen molar-refractivity contribution < 1.29 is 4.79 Å². The fourth-order valence-corrected chi connectivity index (χ4v) is 2.86. The van der Waals surface area contributed by atoms with Crippen LogP contribution in [-0.2, 0) is 0 Å². The zero-order valence-electron chi connectivity index (χ0n) is 12.0. The zero-order chi connectivity index (χ0) is 14.2. The van der Waals surface area contributed by atoms with Crippen LogP contribution in [0.15, 0.2) is 18.5 Å². The van der Waals surface area contributed by atoms with Gasteiger partial charge in [-0.1, -0.05) is 12.8 Å². The highest BCUT2D eigenvalue weighted by molar-refractivity contribution is 6.00. The van der Waals surface area contributed by atoms with E-state index in [2.05, 4.69) is 15.4 Å². The molecule has 21 heavy (non-hydrogen) atoms. The van der Waals surface area contributed by atoms with E-state index in [1.165, 1.54) is 0 Å². The molecule has 6 nitrogen and oxygen atoms in total. The van der Waals surface area contributed by atoms with E-state index in [0.29, 0.717) is 17.8 Å². The minimum atomic E-state index is -0.255. The van der Waals surface area contributed by atoms with Crippen LogP contribution in [0, 0.1) is 6.92 Å². The fraction of sp³-hybridized carbons (Fsp3) is 0.500. The first-order valence-corrected chi connectivity index (χ1v) is 6.97. The summed E-state index contributed by atoms with van der Waals surface area (Å²) in [7, 11) is 0. The molecular weight excluding hydrogens is 290 g/mol. The molecule has 1 saturated carbocycles. The van der Waals surface area contributed by atoms with E-state index in [1.807, 2.05) is 19.2 Å². The first kappa shape index (κ1) is 15.7. The summed E-state index contributed by atoms with van der Waals surface area (Å²) in [4.78, 5) is 16.9. The molecule has 3 rings (SSSR count). The van der Waals surface area contributed by atoms with Gasteiger partial charge >= 0.3 is 0 Å². The Labute approximate surface area is 129 Å². The number of aryl methyl sites for hydroxylation is 1. The average molecular weight is 310 g/mol. The molecule has 0 saturated heterocycles. The molecule has 1 aliphatic rings. The number of nitrogens with zero attached hydrogens (tertiary/aromatic N) is 3. The SMILES string of the molecule is Cc1ccn2ncc(C(=O)NC3(CN)CCCC3)c2n1.Cl. The van der Waals surface area contributed by atoms with E-state index in [4.69, 9.17) is 5.73 Å². The van der Waals surface area contributed by atoms with Crippen LogP contribution in [-0.4, -0.2) is 32.6 Å². The minimum Gasteiger partial charge on any atom is -0.345 e. The van der Waals surface area contributed by atoms with Crippen molar-refractivity contribution in [2.45, 2.75) is 38.1 Å². The smallest absolute Gasteiger partial charge is 0.257 e. The first-order valence-electron chi connectivity index (χ1n) is 6.97. The third-order valence-corrected chi connectivity index (χ3v) is 4.08. The van der Waals surface area contributed by atoms with Crippen LogP contribution in [0.25, 0.3) is 5.65 Å². The minimum absolute atomic E-state index is 0. The topological polar surface area (TPSA) is 85.3 Å². The van der Waals surface area contributed by atoms with Gasteiger partial charge < -0.3 is 11.1 Å². The molecule has 1 aliphatic carbocycles. The van der Waals surface area contributed by atoms with Gasteiger partial charge in [-0.2, -0.15) is 5.10 Å². The van der Waals surface area contributed by atoms with Crippen molar-refractivity contribution in [2.75, 3.05) is 6.54 Å². The van der Waals surface area contributed by atoms with E-state index in [-0.39, 0.29) is 23.9 Å². The van der Waals surface area contributed by atoms with Gasteiger partial charge in [0.1, 0.15) is 5.56 Å². The molecule has 7 heteroatoms. The summed E-state index contributed by atoms with van der Waals surface area (Å²) in [5.74, 6) is -0.134. The summed E-state index contributed by atoms with van der Waals surface area (Å²) < 4.78 is 1.62. The maximum Gasteiger partial charge on any atom is 0.257 e. The Morgan fingerprint density at radius 1 is 1.48 bits per heavy atom. The van der Waals surface area contributed by atoms with Gasteiger partial charge in [0, 0.05) is 18.4 Å². The summed E-state index contributed by atoms with van der Waals surface area (Å²) in [6, 6.07) is 1.86. The molecule has 114 valence electrons. The van der Waals surface area contributed by atoms with Gasteiger partial charge in [0.2, 0.25) is 0 Å². The molecule has 1 fully saturated rings. The number of nitrogens with two attached hydrogens (primary N) is 1. The third-order valence-electron chi connectivity index (χ3n) is 4.08. The average Bonchev–Trinajstić information content (AvgIpc) is 3.05. The van der Waals surface area contributed by atoms with E-state index in [0.717, 1.165) is 31.4 Å². The molecule has 0 spiro atoms. The number of carbonyl (C=O) groups is 1. The van der Waals surface area contributed by atoms with Crippen molar-refractivity contribution in [1.82, 2.24) is 19.9 Å². The summed E-state index contributed by atoms with van der Waals surface area (Å²) in [5, 5.41) is 7.26. The highest BCUT2D eigenvalue weighted by atomic mass is 35.5. The lowest BCUT2D eigenvalue weighted by Gasteiger charge is -2.28. The Morgan fingerprint density at radius 3 is 2.86 bits per heavy atom. The van der Waals surface area contributed by atoms with Gasteiger partial charge in [0.25, 0.3) is 5.91 Å². The monoisotopic (exact) mass is 309 g/mol. The maximum atomic E-state index is 12.5.